The lowest BCUT2D eigenvalue weighted by molar-refractivity contribution is -0.140. The Bertz CT molecular complexity index is 1740. The molecule has 0 aromatic heterocycles. The number of fused-ring (bicyclic) bond motifs is 17. The lowest BCUT2D eigenvalue weighted by atomic mass is 9.95. The molecule has 6 rings (SSSR count). The Balaban J connectivity index is 1.44. The number of nitrogens with one attached hydrogen (secondary N) is 4. The number of methoxy groups -OCH3 is 1. The summed E-state index contributed by atoms with van der Waals surface area (Å²) in [4.78, 5) is 86.9. The average molecular weight is 804 g/mol. The summed E-state index contributed by atoms with van der Waals surface area (Å²) in [7, 11) is 4.93. The van der Waals surface area contributed by atoms with Gasteiger partial charge in [0.2, 0.25) is 29.5 Å². The first-order valence-electron chi connectivity index (χ1n) is 20.5. The highest BCUT2D eigenvalue weighted by Crippen LogP contribution is 2.30. The van der Waals surface area contributed by atoms with Crippen LogP contribution in [0.4, 0.5) is 4.79 Å². The number of carbonyl (C=O) groups excluding carboxylic acids is 6. The van der Waals surface area contributed by atoms with Gasteiger partial charge in [-0.15, -0.1) is 0 Å². The molecular formula is C43H61N7O8. The van der Waals surface area contributed by atoms with E-state index in [1.54, 1.807) is 69.4 Å². The Morgan fingerprint density at radius 2 is 1.59 bits per heavy atom. The molecule has 15 nitrogen and oxygen atoms in total. The van der Waals surface area contributed by atoms with Gasteiger partial charge in [-0.25, -0.2) is 4.79 Å². The second-order valence-corrected chi connectivity index (χ2v) is 16.6. The van der Waals surface area contributed by atoms with E-state index < -0.39 is 41.8 Å². The number of piperidine rings is 1. The molecule has 2 bridgehead atoms. The van der Waals surface area contributed by atoms with Crippen LogP contribution in [0.1, 0.15) is 64.0 Å². The predicted molar refractivity (Wildman–Crippen MR) is 218 cm³/mol. The van der Waals surface area contributed by atoms with E-state index in [9.17, 15) is 28.8 Å². The summed E-state index contributed by atoms with van der Waals surface area (Å²) in [6.45, 7) is 6.96. The molecule has 3 aliphatic heterocycles. The molecule has 1 saturated heterocycles. The Hall–Kier alpha value is -5.34. The van der Waals surface area contributed by atoms with E-state index in [1.807, 2.05) is 12.1 Å². The van der Waals surface area contributed by atoms with E-state index in [0.717, 1.165) is 24.0 Å². The number of amides is 7. The van der Waals surface area contributed by atoms with Gasteiger partial charge in [-0.1, -0.05) is 38.1 Å². The highest BCUT2D eigenvalue weighted by atomic mass is 16.5. The maximum Gasteiger partial charge on any atom is 0.319 e. The molecule has 0 unspecified atom stereocenters. The monoisotopic (exact) mass is 803 g/mol. The molecule has 4 atom stereocenters. The third-order valence-corrected chi connectivity index (χ3v) is 10.9. The summed E-state index contributed by atoms with van der Waals surface area (Å²) in [6.07, 6.45) is 3.65. The van der Waals surface area contributed by atoms with Crippen molar-refractivity contribution in [2.45, 2.75) is 89.9 Å². The molecule has 0 spiro atoms. The molecule has 7 amide bonds. The van der Waals surface area contributed by atoms with Gasteiger partial charge in [0.25, 0.3) is 0 Å². The van der Waals surface area contributed by atoms with Gasteiger partial charge in [-0.05, 0) is 86.3 Å². The third-order valence-electron chi connectivity index (χ3n) is 10.9. The second kappa shape index (κ2) is 20.4. The van der Waals surface area contributed by atoms with Crippen molar-refractivity contribution in [2.75, 3.05) is 54.0 Å². The predicted octanol–water partition coefficient (Wildman–Crippen LogP) is 2.51. The summed E-state index contributed by atoms with van der Waals surface area (Å²) >= 11 is 0. The summed E-state index contributed by atoms with van der Waals surface area (Å²) in [5, 5.41) is 11.8. The Morgan fingerprint density at radius 3 is 2.19 bits per heavy atom. The van der Waals surface area contributed by atoms with Crippen LogP contribution < -0.4 is 30.7 Å². The zero-order chi connectivity index (χ0) is 41.9. The Kier molecular flexibility index (Phi) is 15.4. The Labute approximate surface area is 341 Å². The van der Waals surface area contributed by atoms with Crippen LogP contribution in [0.3, 0.4) is 0 Å². The molecule has 2 aromatic rings. The smallest absolute Gasteiger partial charge is 0.319 e. The maximum atomic E-state index is 14.3. The van der Waals surface area contributed by atoms with E-state index in [0.29, 0.717) is 50.4 Å². The van der Waals surface area contributed by atoms with Crippen LogP contribution in [0, 0.1) is 17.8 Å². The van der Waals surface area contributed by atoms with Gasteiger partial charge in [0.15, 0.2) is 0 Å². The SMILES string of the molecule is COc1ccc(C[C@@H]2NC(=O)[C@@H](NC(=O)C3CCN(C(=O)N(C)C)CC3)Cc3ccc(cc3)OC[C@H](CC(C)C)NC(=O)CN(CC3CC3)C(=O)[C@@H](C)NC2=O)cc1. The molecule has 0 radical (unpaired) electrons. The summed E-state index contributed by atoms with van der Waals surface area (Å²) < 4.78 is 11.5. The molecule has 58 heavy (non-hydrogen) atoms. The van der Waals surface area contributed by atoms with Gasteiger partial charge in [-0.3, -0.25) is 24.0 Å². The number of hydrogen-bond donors (Lipinski definition) is 4. The number of ether oxygens (including phenoxy) is 2. The summed E-state index contributed by atoms with van der Waals surface area (Å²) in [5.74, 6) is -0.856. The van der Waals surface area contributed by atoms with Crippen molar-refractivity contribution in [1.29, 1.82) is 0 Å². The van der Waals surface area contributed by atoms with E-state index in [1.165, 1.54) is 9.80 Å². The van der Waals surface area contributed by atoms with E-state index in [2.05, 4.69) is 35.1 Å². The number of hydrogen-bond acceptors (Lipinski definition) is 8. The highest BCUT2D eigenvalue weighted by Gasteiger charge is 2.35. The molecule has 2 fully saturated rings. The van der Waals surface area contributed by atoms with Gasteiger partial charge in [-0.2, -0.15) is 0 Å². The van der Waals surface area contributed by atoms with E-state index in [-0.39, 0.29) is 61.7 Å². The minimum Gasteiger partial charge on any atom is -0.497 e. The number of benzene rings is 2. The minimum absolute atomic E-state index is 0.0823. The first kappa shape index (κ1) is 43.8. The molecule has 15 heteroatoms. The quantitative estimate of drug-likeness (QED) is 0.280. The standard InChI is InChI=1S/C43H61N7O8/c1-27(2)21-33-26-58-35-15-11-30(12-16-35)23-37(46-39(52)32-17-19-49(20-18-32)43(56)48(4)5)41(54)47-36(22-29-9-13-34(57-6)14-10-29)40(53)44-28(3)42(55)50(24-31-7-8-31)25-38(51)45-33/h9-16,27-28,31-33,36-37H,7-8,17-26H2,1-6H3,(H,44,53)(H,45,51)(H,46,52)(H,47,54)/t28-,33+,36+,37+/m1/s1. The lowest BCUT2D eigenvalue weighted by Gasteiger charge is -2.33. The molecule has 4 aliphatic rings. The van der Waals surface area contributed by atoms with Crippen LogP contribution >= 0.6 is 0 Å². The first-order chi connectivity index (χ1) is 27.7. The second-order valence-electron chi connectivity index (χ2n) is 16.6. The van der Waals surface area contributed by atoms with Crippen molar-refractivity contribution in [3.05, 3.63) is 59.7 Å². The summed E-state index contributed by atoms with van der Waals surface area (Å²) in [5.41, 5.74) is 1.47. The minimum atomic E-state index is -1.13. The number of rotatable bonds is 9. The molecule has 4 N–H and O–H groups in total. The molecular weight excluding hydrogens is 743 g/mol. The van der Waals surface area contributed by atoms with Gasteiger partial charge in [0.1, 0.15) is 36.2 Å². The fourth-order valence-corrected chi connectivity index (χ4v) is 7.43. The molecule has 1 aliphatic carbocycles. The van der Waals surface area contributed by atoms with Crippen LogP contribution in [0.15, 0.2) is 48.5 Å². The number of carbonyl (C=O) groups is 6. The summed E-state index contributed by atoms with van der Waals surface area (Å²) in [6, 6.07) is 10.7. The molecule has 2 aromatic carbocycles. The number of urea groups is 1. The first-order valence-corrected chi connectivity index (χ1v) is 20.5. The largest absolute Gasteiger partial charge is 0.497 e. The van der Waals surface area contributed by atoms with Gasteiger partial charge in [0, 0.05) is 52.5 Å². The fraction of sp³-hybridized carbons (Fsp3) is 0.581. The number of likely N-dealkylation sites (tertiary alicyclic amines) is 1. The van der Waals surface area contributed by atoms with Crippen LogP contribution in [0.2, 0.25) is 0 Å². The van der Waals surface area contributed by atoms with Crippen molar-refractivity contribution in [3.8, 4) is 11.5 Å². The number of nitrogens with zero attached hydrogens (tertiary/aromatic N) is 3. The van der Waals surface area contributed by atoms with Crippen molar-refractivity contribution in [1.82, 2.24) is 36.0 Å². The van der Waals surface area contributed by atoms with Crippen molar-refractivity contribution in [3.63, 3.8) is 0 Å². The van der Waals surface area contributed by atoms with E-state index >= 15 is 0 Å². The van der Waals surface area contributed by atoms with Crippen LogP contribution in [-0.4, -0.2) is 128 Å². The zero-order valence-corrected chi connectivity index (χ0v) is 34.8. The van der Waals surface area contributed by atoms with Crippen LogP contribution in [0.25, 0.3) is 0 Å². The van der Waals surface area contributed by atoms with Crippen LogP contribution in [0.5, 0.6) is 11.5 Å². The van der Waals surface area contributed by atoms with Crippen molar-refractivity contribution < 1.29 is 38.2 Å². The molecule has 1 saturated carbocycles. The van der Waals surface area contributed by atoms with Gasteiger partial charge >= 0.3 is 6.03 Å². The normalized spacial score (nSPS) is 23.0. The third kappa shape index (κ3) is 12.8. The highest BCUT2D eigenvalue weighted by molar-refractivity contribution is 5.95. The van der Waals surface area contributed by atoms with Crippen molar-refractivity contribution in [2.24, 2.45) is 17.8 Å². The maximum absolute atomic E-state index is 14.3. The van der Waals surface area contributed by atoms with Gasteiger partial charge in [0.05, 0.1) is 19.7 Å². The van der Waals surface area contributed by atoms with Crippen molar-refractivity contribution >= 4 is 35.6 Å². The zero-order valence-electron chi connectivity index (χ0n) is 34.8. The van der Waals surface area contributed by atoms with Crippen LogP contribution in [-0.2, 0) is 36.8 Å². The molecule has 3 heterocycles. The fourth-order valence-electron chi connectivity index (χ4n) is 7.43. The lowest BCUT2D eigenvalue weighted by Crippen LogP contribution is -2.58. The topological polar surface area (TPSA) is 179 Å². The average Bonchev–Trinajstić information content (AvgIpc) is 4.03. The van der Waals surface area contributed by atoms with E-state index in [4.69, 9.17) is 9.47 Å². The molecule has 316 valence electrons. The Morgan fingerprint density at radius 1 is 0.914 bits per heavy atom. The van der Waals surface area contributed by atoms with Gasteiger partial charge < -0.3 is 45.4 Å².